The lowest BCUT2D eigenvalue weighted by Gasteiger charge is -2.45. The number of nitrogens with two attached hydrogens (primary N) is 1. The average Bonchev–Trinajstić information content (AvgIpc) is 3.15. The number of piperazine rings is 1. The first kappa shape index (κ1) is 23.7. The zero-order chi connectivity index (χ0) is 24.5. The molecule has 1 aliphatic rings. The molecule has 5 rings (SSSR count). The van der Waals surface area contributed by atoms with Crippen molar-refractivity contribution in [3.8, 4) is 0 Å². The van der Waals surface area contributed by atoms with E-state index in [1.807, 2.05) is 36.4 Å². The van der Waals surface area contributed by atoms with E-state index >= 15 is 0 Å². The SMILES string of the molecule is COCC1C(C=O)N(Cc2ccc3c(N)ncnc3c2)CCN1Cc1[nH]c2ccc(Cl)cc2c1C. The van der Waals surface area contributed by atoms with Crippen LogP contribution in [0.4, 0.5) is 5.82 Å². The molecule has 35 heavy (non-hydrogen) atoms. The number of hydrogen-bond donors (Lipinski definition) is 2. The van der Waals surface area contributed by atoms with Gasteiger partial charge in [-0.25, -0.2) is 9.97 Å². The van der Waals surface area contributed by atoms with E-state index in [0.29, 0.717) is 25.5 Å². The van der Waals surface area contributed by atoms with Gasteiger partial charge < -0.3 is 20.2 Å². The van der Waals surface area contributed by atoms with E-state index in [2.05, 4.69) is 31.7 Å². The van der Waals surface area contributed by atoms with Gasteiger partial charge in [-0.05, 0) is 48.4 Å². The Morgan fingerprint density at radius 3 is 2.77 bits per heavy atom. The lowest BCUT2D eigenvalue weighted by atomic mass is 10.0. The highest BCUT2D eigenvalue weighted by molar-refractivity contribution is 6.31. The summed E-state index contributed by atoms with van der Waals surface area (Å²) < 4.78 is 5.57. The number of aromatic amines is 1. The number of methoxy groups -OCH3 is 1. The maximum Gasteiger partial charge on any atom is 0.138 e. The van der Waals surface area contributed by atoms with Crippen molar-refractivity contribution in [1.29, 1.82) is 0 Å². The molecule has 0 spiro atoms. The van der Waals surface area contributed by atoms with Gasteiger partial charge in [0.2, 0.25) is 0 Å². The Labute approximate surface area is 209 Å². The molecular weight excluding hydrogens is 464 g/mol. The second-order valence-corrected chi connectivity index (χ2v) is 9.56. The number of ether oxygens (including phenoxy) is 1. The zero-order valence-corrected chi connectivity index (χ0v) is 20.6. The van der Waals surface area contributed by atoms with Gasteiger partial charge in [-0.3, -0.25) is 9.80 Å². The van der Waals surface area contributed by atoms with Gasteiger partial charge in [0.15, 0.2) is 0 Å². The van der Waals surface area contributed by atoms with Crippen LogP contribution in [0.1, 0.15) is 16.8 Å². The third-order valence-electron chi connectivity index (χ3n) is 7.04. The number of carbonyl (C=O) groups excluding carboxylic acids is 1. The van der Waals surface area contributed by atoms with Crippen molar-refractivity contribution in [2.24, 2.45) is 0 Å². The minimum Gasteiger partial charge on any atom is -0.383 e. The molecule has 8 nitrogen and oxygen atoms in total. The monoisotopic (exact) mass is 492 g/mol. The summed E-state index contributed by atoms with van der Waals surface area (Å²) in [7, 11) is 1.68. The zero-order valence-electron chi connectivity index (χ0n) is 19.9. The quantitative estimate of drug-likeness (QED) is 0.380. The number of H-pyrrole nitrogens is 1. The first-order chi connectivity index (χ1) is 17.0. The van der Waals surface area contributed by atoms with E-state index in [0.717, 1.165) is 57.5 Å². The number of rotatable bonds is 7. The van der Waals surface area contributed by atoms with Crippen LogP contribution in [-0.4, -0.2) is 69.9 Å². The number of anilines is 1. The number of nitrogens with zero attached hydrogens (tertiary/aromatic N) is 4. The molecule has 0 saturated carbocycles. The molecule has 2 aromatic carbocycles. The molecule has 1 aliphatic heterocycles. The maximum absolute atomic E-state index is 12.4. The van der Waals surface area contributed by atoms with Gasteiger partial charge in [-0.1, -0.05) is 17.7 Å². The number of halogens is 1. The smallest absolute Gasteiger partial charge is 0.138 e. The molecule has 2 unspecified atom stereocenters. The summed E-state index contributed by atoms with van der Waals surface area (Å²) in [6, 6.07) is 11.5. The molecule has 1 saturated heterocycles. The molecule has 2 atom stereocenters. The molecule has 4 aromatic rings. The molecule has 0 amide bonds. The van der Waals surface area contributed by atoms with Gasteiger partial charge in [0.1, 0.15) is 18.4 Å². The van der Waals surface area contributed by atoms with E-state index in [4.69, 9.17) is 22.1 Å². The molecule has 3 N–H and O–H groups in total. The van der Waals surface area contributed by atoms with Gasteiger partial charge in [-0.15, -0.1) is 0 Å². The van der Waals surface area contributed by atoms with Crippen LogP contribution in [0.15, 0.2) is 42.7 Å². The molecule has 3 heterocycles. The maximum atomic E-state index is 12.4. The Kier molecular flexibility index (Phi) is 6.71. The molecule has 9 heteroatoms. The molecular formula is C26H29ClN6O2. The Bertz CT molecular complexity index is 1370. The van der Waals surface area contributed by atoms with E-state index in [1.54, 1.807) is 7.11 Å². The fraction of sp³-hybridized carbons (Fsp3) is 0.346. The van der Waals surface area contributed by atoms with Crippen LogP contribution >= 0.6 is 11.6 Å². The highest BCUT2D eigenvalue weighted by Gasteiger charge is 2.37. The van der Waals surface area contributed by atoms with Crippen molar-refractivity contribution in [3.05, 3.63) is 64.6 Å². The number of fused-ring (bicyclic) bond motifs is 2. The number of nitrogen functional groups attached to an aromatic ring is 1. The van der Waals surface area contributed by atoms with Crippen LogP contribution in [0.25, 0.3) is 21.8 Å². The summed E-state index contributed by atoms with van der Waals surface area (Å²) >= 11 is 6.22. The third kappa shape index (κ3) is 4.62. The van der Waals surface area contributed by atoms with Gasteiger partial charge in [0, 0.05) is 60.3 Å². The fourth-order valence-electron chi connectivity index (χ4n) is 5.14. The van der Waals surface area contributed by atoms with Crippen LogP contribution in [0, 0.1) is 6.92 Å². The molecule has 0 aliphatic carbocycles. The third-order valence-corrected chi connectivity index (χ3v) is 7.27. The van der Waals surface area contributed by atoms with Gasteiger partial charge in [-0.2, -0.15) is 0 Å². The summed E-state index contributed by atoms with van der Waals surface area (Å²) in [6.07, 6.45) is 2.53. The van der Waals surface area contributed by atoms with E-state index < -0.39 is 0 Å². The minimum atomic E-state index is -0.297. The van der Waals surface area contributed by atoms with Crippen molar-refractivity contribution in [2.75, 3.05) is 32.5 Å². The number of aldehydes is 1. The van der Waals surface area contributed by atoms with Crippen LogP contribution in [0.2, 0.25) is 5.02 Å². The largest absolute Gasteiger partial charge is 0.383 e. The Morgan fingerprint density at radius 1 is 1.14 bits per heavy atom. The first-order valence-corrected chi connectivity index (χ1v) is 12.0. The van der Waals surface area contributed by atoms with Gasteiger partial charge in [0.05, 0.1) is 24.2 Å². The van der Waals surface area contributed by atoms with Crippen molar-refractivity contribution in [3.63, 3.8) is 0 Å². The Hall–Kier alpha value is -3.04. The van der Waals surface area contributed by atoms with Crippen molar-refractivity contribution < 1.29 is 9.53 Å². The van der Waals surface area contributed by atoms with Gasteiger partial charge >= 0.3 is 0 Å². The molecule has 1 fully saturated rings. The van der Waals surface area contributed by atoms with Crippen LogP contribution in [-0.2, 0) is 22.6 Å². The van der Waals surface area contributed by atoms with Crippen LogP contribution in [0.3, 0.4) is 0 Å². The standard InChI is InChI=1S/C26H29ClN6O2/c1-16-20-10-18(27)4-6-21(20)31-23(16)12-33-8-7-32(24(13-34)25(33)14-35-2)11-17-3-5-19-22(9-17)29-15-30-26(19)28/h3-6,9-10,13,15,24-25,31H,7-8,11-12,14H2,1-2H3,(H2,28,29,30). The highest BCUT2D eigenvalue weighted by Crippen LogP contribution is 2.28. The Morgan fingerprint density at radius 2 is 1.97 bits per heavy atom. The first-order valence-electron chi connectivity index (χ1n) is 11.7. The summed E-state index contributed by atoms with van der Waals surface area (Å²) in [5, 5.41) is 2.68. The summed E-state index contributed by atoms with van der Waals surface area (Å²) in [5.41, 5.74) is 11.2. The second kappa shape index (κ2) is 9.91. The summed E-state index contributed by atoms with van der Waals surface area (Å²) in [5.74, 6) is 0.468. The normalized spacial score (nSPS) is 19.5. The number of aryl methyl sites for hydroxylation is 1. The molecule has 0 bridgehead atoms. The van der Waals surface area contributed by atoms with Crippen LogP contribution < -0.4 is 5.73 Å². The average molecular weight is 493 g/mol. The van der Waals surface area contributed by atoms with Crippen LogP contribution in [0.5, 0.6) is 0 Å². The Balaban J connectivity index is 1.38. The molecule has 0 radical (unpaired) electrons. The van der Waals surface area contributed by atoms with Crippen molar-refractivity contribution in [1.82, 2.24) is 24.8 Å². The number of hydrogen-bond acceptors (Lipinski definition) is 7. The predicted molar refractivity (Wildman–Crippen MR) is 138 cm³/mol. The van der Waals surface area contributed by atoms with Crippen molar-refractivity contribution >= 4 is 45.5 Å². The fourth-order valence-corrected chi connectivity index (χ4v) is 5.31. The van der Waals surface area contributed by atoms with E-state index in [9.17, 15) is 4.79 Å². The highest BCUT2D eigenvalue weighted by atomic mass is 35.5. The lowest BCUT2D eigenvalue weighted by Crippen LogP contribution is -2.61. The molecule has 182 valence electrons. The molecule has 2 aromatic heterocycles. The van der Waals surface area contributed by atoms with Crippen molar-refractivity contribution in [2.45, 2.75) is 32.1 Å². The number of nitrogens with one attached hydrogen (secondary N) is 1. The topological polar surface area (TPSA) is 100 Å². The summed E-state index contributed by atoms with van der Waals surface area (Å²) in [4.78, 5) is 28.9. The summed E-state index contributed by atoms with van der Waals surface area (Å²) in [6.45, 7) is 5.50. The van der Waals surface area contributed by atoms with Gasteiger partial charge in [0.25, 0.3) is 0 Å². The number of aromatic nitrogens is 3. The van der Waals surface area contributed by atoms with E-state index in [-0.39, 0.29) is 12.1 Å². The number of carbonyl (C=O) groups is 1. The predicted octanol–water partition coefficient (Wildman–Crippen LogP) is 3.56. The minimum absolute atomic E-state index is 0.0703. The van der Waals surface area contributed by atoms with E-state index in [1.165, 1.54) is 11.9 Å². The second-order valence-electron chi connectivity index (χ2n) is 9.12. The lowest BCUT2D eigenvalue weighted by molar-refractivity contribution is -0.120. The number of benzene rings is 2.